The average molecular weight is 507 g/mol. The zero-order chi connectivity index (χ0) is 24.0. The standard InChI is InChI=1S/C24H24Cl2N2O4S/c1-17(21-10-6-7-11-23(21)32-2)27-24(29)16-28(15-18-12-13-19(25)14-22(18)26)33(30,31)20-8-4-3-5-9-20/h3-14,17H,15-16H2,1-2H3,(H,27,29). The van der Waals surface area contributed by atoms with Gasteiger partial charge in [-0.15, -0.1) is 0 Å². The van der Waals surface area contributed by atoms with Gasteiger partial charge in [0.15, 0.2) is 0 Å². The first kappa shape index (κ1) is 25.1. The molecule has 174 valence electrons. The van der Waals surface area contributed by atoms with E-state index >= 15 is 0 Å². The summed E-state index contributed by atoms with van der Waals surface area (Å²) in [4.78, 5) is 13.0. The number of para-hydroxylation sites is 1. The van der Waals surface area contributed by atoms with Gasteiger partial charge in [0.1, 0.15) is 5.75 Å². The normalized spacial score (nSPS) is 12.4. The number of methoxy groups -OCH3 is 1. The molecule has 0 heterocycles. The Morgan fingerprint density at radius 1 is 1.03 bits per heavy atom. The highest BCUT2D eigenvalue weighted by Gasteiger charge is 2.28. The van der Waals surface area contributed by atoms with Crippen LogP contribution in [0.1, 0.15) is 24.1 Å². The molecule has 1 amide bonds. The Labute approximate surface area is 204 Å². The minimum Gasteiger partial charge on any atom is -0.496 e. The summed E-state index contributed by atoms with van der Waals surface area (Å²) >= 11 is 12.3. The zero-order valence-electron chi connectivity index (χ0n) is 18.2. The lowest BCUT2D eigenvalue weighted by Gasteiger charge is -2.24. The molecule has 0 bridgehead atoms. The van der Waals surface area contributed by atoms with E-state index in [0.29, 0.717) is 21.4 Å². The van der Waals surface area contributed by atoms with Crippen LogP contribution in [0.5, 0.6) is 5.75 Å². The van der Waals surface area contributed by atoms with E-state index in [4.69, 9.17) is 27.9 Å². The maximum atomic E-state index is 13.4. The molecule has 0 aliphatic heterocycles. The number of rotatable bonds is 9. The highest BCUT2D eigenvalue weighted by Crippen LogP contribution is 2.26. The van der Waals surface area contributed by atoms with Crippen molar-refractivity contribution >= 4 is 39.1 Å². The van der Waals surface area contributed by atoms with Crippen LogP contribution in [0, 0.1) is 0 Å². The Morgan fingerprint density at radius 2 is 1.70 bits per heavy atom. The molecule has 0 saturated carbocycles. The number of carbonyl (C=O) groups is 1. The number of hydrogen-bond acceptors (Lipinski definition) is 4. The van der Waals surface area contributed by atoms with Crippen molar-refractivity contribution in [1.82, 2.24) is 9.62 Å². The molecule has 1 unspecified atom stereocenters. The molecule has 3 aromatic carbocycles. The first-order valence-electron chi connectivity index (χ1n) is 10.1. The molecule has 1 N–H and O–H groups in total. The van der Waals surface area contributed by atoms with Gasteiger partial charge in [0.2, 0.25) is 15.9 Å². The topological polar surface area (TPSA) is 75.7 Å². The van der Waals surface area contributed by atoms with Gasteiger partial charge in [-0.3, -0.25) is 4.79 Å². The fraction of sp³-hybridized carbons (Fsp3) is 0.208. The van der Waals surface area contributed by atoms with Gasteiger partial charge >= 0.3 is 0 Å². The first-order valence-corrected chi connectivity index (χ1v) is 12.3. The van der Waals surface area contributed by atoms with Gasteiger partial charge in [0.05, 0.1) is 24.6 Å². The summed E-state index contributed by atoms with van der Waals surface area (Å²) in [5.74, 6) is 0.171. The molecule has 9 heteroatoms. The van der Waals surface area contributed by atoms with Gasteiger partial charge in [0.25, 0.3) is 0 Å². The fourth-order valence-corrected chi connectivity index (χ4v) is 5.22. The highest BCUT2D eigenvalue weighted by atomic mass is 35.5. The van der Waals surface area contributed by atoms with Crippen LogP contribution in [0.4, 0.5) is 0 Å². The van der Waals surface area contributed by atoms with Crippen LogP contribution >= 0.6 is 23.2 Å². The number of amides is 1. The lowest BCUT2D eigenvalue weighted by atomic mass is 10.1. The van der Waals surface area contributed by atoms with Crippen LogP contribution in [-0.2, 0) is 21.4 Å². The van der Waals surface area contributed by atoms with Gasteiger partial charge in [-0.2, -0.15) is 4.31 Å². The number of halogens is 2. The van der Waals surface area contributed by atoms with Crippen molar-refractivity contribution in [3.05, 3.63) is 94.0 Å². The Balaban J connectivity index is 1.86. The van der Waals surface area contributed by atoms with Crippen LogP contribution in [0.25, 0.3) is 0 Å². The number of hydrogen-bond donors (Lipinski definition) is 1. The van der Waals surface area contributed by atoms with Crippen molar-refractivity contribution < 1.29 is 17.9 Å². The molecule has 6 nitrogen and oxygen atoms in total. The molecule has 33 heavy (non-hydrogen) atoms. The summed E-state index contributed by atoms with van der Waals surface area (Å²) in [6.45, 7) is 1.32. The second-order valence-electron chi connectivity index (χ2n) is 7.35. The van der Waals surface area contributed by atoms with E-state index in [-0.39, 0.29) is 11.4 Å². The third-order valence-corrected chi connectivity index (χ3v) is 7.44. The van der Waals surface area contributed by atoms with Crippen LogP contribution in [0.2, 0.25) is 10.0 Å². The summed E-state index contributed by atoms with van der Waals surface area (Å²) in [6.07, 6.45) is 0. The minimum atomic E-state index is -3.98. The largest absolute Gasteiger partial charge is 0.496 e. The maximum absolute atomic E-state index is 13.4. The fourth-order valence-electron chi connectivity index (χ4n) is 3.36. The molecule has 1 atom stereocenters. The average Bonchev–Trinajstić information content (AvgIpc) is 2.80. The summed E-state index contributed by atoms with van der Waals surface area (Å²) < 4.78 is 33.2. The Kier molecular flexibility index (Phi) is 8.37. The number of benzene rings is 3. The molecule has 0 radical (unpaired) electrons. The third kappa shape index (κ3) is 6.26. The molecule has 0 aliphatic rings. The van der Waals surface area contributed by atoms with Crippen molar-refractivity contribution in [2.45, 2.75) is 24.4 Å². The van der Waals surface area contributed by atoms with Crippen molar-refractivity contribution in [2.75, 3.05) is 13.7 Å². The van der Waals surface area contributed by atoms with Crippen molar-refractivity contribution in [3.8, 4) is 5.75 Å². The quantitative estimate of drug-likeness (QED) is 0.439. The van der Waals surface area contributed by atoms with Crippen molar-refractivity contribution in [1.29, 1.82) is 0 Å². The van der Waals surface area contributed by atoms with Crippen molar-refractivity contribution in [2.24, 2.45) is 0 Å². The predicted molar refractivity (Wildman–Crippen MR) is 130 cm³/mol. The van der Waals surface area contributed by atoms with Crippen LogP contribution < -0.4 is 10.1 Å². The Hall–Kier alpha value is -2.58. The van der Waals surface area contributed by atoms with E-state index in [9.17, 15) is 13.2 Å². The second kappa shape index (κ2) is 11.0. The van der Waals surface area contributed by atoms with Crippen LogP contribution in [0.15, 0.2) is 77.7 Å². The Bertz CT molecular complexity index is 1220. The third-order valence-electron chi connectivity index (χ3n) is 5.05. The number of nitrogens with one attached hydrogen (secondary N) is 1. The molecule has 0 aliphatic carbocycles. The maximum Gasteiger partial charge on any atom is 0.243 e. The van der Waals surface area contributed by atoms with E-state index in [1.807, 2.05) is 25.1 Å². The van der Waals surface area contributed by atoms with E-state index < -0.39 is 28.5 Å². The number of ether oxygens (including phenoxy) is 1. The van der Waals surface area contributed by atoms with Gasteiger partial charge in [-0.25, -0.2) is 8.42 Å². The Morgan fingerprint density at radius 3 is 2.36 bits per heavy atom. The van der Waals surface area contributed by atoms with Gasteiger partial charge in [0, 0.05) is 22.2 Å². The molecule has 0 saturated heterocycles. The van der Waals surface area contributed by atoms with Gasteiger partial charge in [-0.1, -0.05) is 65.7 Å². The van der Waals surface area contributed by atoms with E-state index in [2.05, 4.69) is 5.32 Å². The zero-order valence-corrected chi connectivity index (χ0v) is 20.5. The summed E-state index contributed by atoms with van der Waals surface area (Å²) in [5, 5.41) is 3.61. The monoisotopic (exact) mass is 506 g/mol. The van der Waals surface area contributed by atoms with E-state index in [1.54, 1.807) is 43.5 Å². The second-order valence-corrected chi connectivity index (χ2v) is 10.1. The van der Waals surface area contributed by atoms with Crippen LogP contribution in [-0.4, -0.2) is 32.3 Å². The molecular weight excluding hydrogens is 483 g/mol. The first-order chi connectivity index (χ1) is 15.7. The lowest BCUT2D eigenvalue weighted by molar-refractivity contribution is -0.122. The highest BCUT2D eigenvalue weighted by molar-refractivity contribution is 7.89. The number of sulfonamides is 1. The summed E-state index contributed by atoms with van der Waals surface area (Å²) in [5.41, 5.74) is 1.32. The number of carbonyl (C=O) groups excluding carboxylic acids is 1. The molecular formula is C24H24Cl2N2O4S. The lowest BCUT2D eigenvalue weighted by Crippen LogP contribution is -2.41. The van der Waals surface area contributed by atoms with Crippen molar-refractivity contribution in [3.63, 3.8) is 0 Å². The number of nitrogens with zero attached hydrogens (tertiary/aromatic N) is 1. The molecule has 3 aromatic rings. The molecule has 3 rings (SSSR count). The van der Waals surface area contributed by atoms with E-state index in [0.717, 1.165) is 9.87 Å². The smallest absolute Gasteiger partial charge is 0.243 e. The summed E-state index contributed by atoms with van der Waals surface area (Å²) in [7, 11) is -2.43. The summed E-state index contributed by atoms with van der Waals surface area (Å²) in [6, 6.07) is 19.7. The van der Waals surface area contributed by atoms with Gasteiger partial charge < -0.3 is 10.1 Å². The molecule has 0 aromatic heterocycles. The SMILES string of the molecule is COc1ccccc1C(C)NC(=O)CN(Cc1ccc(Cl)cc1Cl)S(=O)(=O)c1ccccc1. The van der Waals surface area contributed by atoms with E-state index in [1.165, 1.54) is 18.2 Å². The van der Waals surface area contributed by atoms with Crippen LogP contribution in [0.3, 0.4) is 0 Å². The molecule has 0 fully saturated rings. The van der Waals surface area contributed by atoms with Gasteiger partial charge in [-0.05, 0) is 42.8 Å². The minimum absolute atomic E-state index is 0.0839. The predicted octanol–water partition coefficient (Wildman–Crippen LogP) is 5.07. The molecule has 0 spiro atoms.